The number of cyclic esters (lactones) is 1. The maximum absolute atomic E-state index is 12.2. The van der Waals surface area contributed by atoms with Gasteiger partial charge in [0.1, 0.15) is 19.3 Å². The van der Waals surface area contributed by atoms with E-state index in [1.807, 2.05) is 6.07 Å². The molecular formula is C18H20N2O9. The average Bonchev–Trinajstić information content (AvgIpc) is 3.25. The molecule has 2 aliphatic rings. The van der Waals surface area contributed by atoms with Crippen LogP contribution in [0.15, 0.2) is 30.3 Å². The number of rotatable bonds is 7. The van der Waals surface area contributed by atoms with Crippen LogP contribution in [0.3, 0.4) is 0 Å². The van der Waals surface area contributed by atoms with Crippen molar-refractivity contribution in [2.75, 3.05) is 20.3 Å². The van der Waals surface area contributed by atoms with E-state index in [2.05, 4.69) is 5.32 Å². The van der Waals surface area contributed by atoms with Crippen LogP contribution in [-0.2, 0) is 44.9 Å². The number of carbonyl (C=O) groups excluding carboxylic acids is 4. The quantitative estimate of drug-likeness (QED) is 0.624. The first-order valence-corrected chi connectivity index (χ1v) is 8.83. The zero-order chi connectivity index (χ0) is 20.8. The molecule has 3 rings (SSSR count). The Hall–Kier alpha value is -3.18. The topological polar surface area (TPSA) is 130 Å². The molecule has 2 saturated heterocycles. The van der Waals surface area contributed by atoms with Crippen molar-refractivity contribution in [2.45, 2.75) is 25.2 Å². The minimum atomic E-state index is -1.16. The summed E-state index contributed by atoms with van der Waals surface area (Å²) in [7, 11) is 1.42. The normalized spacial score (nSPS) is 23.6. The van der Waals surface area contributed by atoms with Gasteiger partial charge in [-0.3, -0.25) is 9.59 Å². The van der Waals surface area contributed by atoms with Gasteiger partial charge in [0.15, 0.2) is 0 Å². The highest BCUT2D eigenvalue weighted by atomic mass is 17.0. The van der Waals surface area contributed by atoms with E-state index in [0.717, 1.165) is 5.56 Å². The highest BCUT2D eigenvalue weighted by Gasteiger charge is 2.43. The Kier molecular flexibility index (Phi) is 6.62. The van der Waals surface area contributed by atoms with Gasteiger partial charge in [-0.05, 0) is 10.8 Å². The second kappa shape index (κ2) is 9.34. The summed E-state index contributed by atoms with van der Waals surface area (Å²) in [5, 5.41) is 2.69. The van der Waals surface area contributed by atoms with Crippen molar-refractivity contribution in [3.05, 3.63) is 35.9 Å². The minimum absolute atomic E-state index is 0.0306. The highest BCUT2D eigenvalue weighted by Crippen LogP contribution is 2.23. The van der Waals surface area contributed by atoms with Crippen molar-refractivity contribution >= 4 is 23.9 Å². The summed E-state index contributed by atoms with van der Waals surface area (Å²) in [6, 6.07) is 7.92. The number of amides is 2. The molecule has 0 aromatic heterocycles. The summed E-state index contributed by atoms with van der Waals surface area (Å²) in [6.45, 7) is -0.106. The number of hydrogen-bond acceptors (Lipinski definition) is 9. The van der Waals surface area contributed by atoms with Crippen molar-refractivity contribution in [1.82, 2.24) is 10.5 Å². The van der Waals surface area contributed by atoms with Gasteiger partial charge in [0.2, 0.25) is 6.10 Å². The zero-order valence-corrected chi connectivity index (χ0v) is 15.6. The van der Waals surface area contributed by atoms with Crippen LogP contribution in [0.2, 0.25) is 0 Å². The minimum Gasteiger partial charge on any atom is -0.450 e. The van der Waals surface area contributed by atoms with Gasteiger partial charge < -0.3 is 24.4 Å². The number of nitrogens with zero attached hydrogens (tertiary/aromatic N) is 1. The van der Waals surface area contributed by atoms with Gasteiger partial charge in [0, 0.05) is 13.5 Å². The van der Waals surface area contributed by atoms with E-state index < -0.39 is 42.0 Å². The molecule has 2 amide bonds. The lowest BCUT2D eigenvalue weighted by Gasteiger charge is -2.15. The zero-order valence-electron chi connectivity index (χ0n) is 15.6. The number of esters is 1. The van der Waals surface area contributed by atoms with Crippen LogP contribution in [0.25, 0.3) is 0 Å². The molecule has 0 saturated carbocycles. The number of alkyl carbamates (subject to hydrolysis) is 1. The van der Waals surface area contributed by atoms with E-state index in [0.29, 0.717) is 5.23 Å². The molecule has 1 N–H and O–H groups in total. The van der Waals surface area contributed by atoms with Crippen LogP contribution in [0.4, 0.5) is 4.79 Å². The molecule has 156 valence electrons. The predicted octanol–water partition coefficient (Wildman–Crippen LogP) is 0.0915. The Bertz CT molecular complexity index is 770. The summed E-state index contributed by atoms with van der Waals surface area (Å²) < 4.78 is 14.8. The molecule has 0 spiro atoms. The Balaban J connectivity index is 1.44. The van der Waals surface area contributed by atoms with Crippen LogP contribution in [0, 0.1) is 5.92 Å². The third-order valence-electron chi connectivity index (χ3n) is 4.24. The molecule has 0 aliphatic carbocycles. The van der Waals surface area contributed by atoms with E-state index in [9.17, 15) is 19.2 Å². The third-order valence-corrected chi connectivity index (χ3v) is 4.24. The van der Waals surface area contributed by atoms with Gasteiger partial charge in [0.25, 0.3) is 0 Å². The second-order valence-electron chi connectivity index (χ2n) is 6.37. The predicted molar refractivity (Wildman–Crippen MR) is 92.3 cm³/mol. The molecule has 3 atom stereocenters. The monoisotopic (exact) mass is 408 g/mol. The fraction of sp³-hybridized carbons (Fsp3) is 0.444. The summed E-state index contributed by atoms with van der Waals surface area (Å²) in [5.74, 6) is -2.92. The first-order valence-electron chi connectivity index (χ1n) is 8.83. The standard InChI is InChI=1S/C18H20N2O9/c1-25-9-12-7-14(28-16(12)22)17(23)29-20-15(21)13(10-27-20)19-18(24)26-8-11-5-3-2-4-6-11/h2-6,12-14H,7-10H2,1H3,(H,19,24)/t12?,13-,14?/m0/s1. The van der Waals surface area contributed by atoms with Crippen molar-refractivity contribution in [3.8, 4) is 0 Å². The third kappa shape index (κ3) is 5.21. The van der Waals surface area contributed by atoms with Gasteiger partial charge in [-0.1, -0.05) is 30.3 Å². The molecule has 0 bridgehead atoms. The van der Waals surface area contributed by atoms with E-state index in [-0.39, 0.29) is 26.2 Å². The van der Waals surface area contributed by atoms with Crippen LogP contribution in [0.5, 0.6) is 0 Å². The fourth-order valence-corrected chi connectivity index (χ4v) is 2.75. The molecule has 11 nitrogen and oxygen atoms in total. The smallest absolute Gasteiger partial charge is 0.408 e. The van der Waals surface area contributed by atoms with Crippen molar-refractivity contribution in [3.63, 3.8) is 0 Å². The van der Waals surface area contributed by atoms with Crippen molar-refractivity contribution in [1.29, 1.82) is 0 Å². The maximum atomic E-state index is 12.2. The van der Waals surface area contributed by atoms with E-state index in [1.54, 1.807) is 24.3 Å². The molecule has 29 heavy (non-hydrogen) atoms. The van der Waals surface area contributed by atoms with Crippen LogP contribution in [0.1, 0.15) is 12.0 Å². The number of ether oxygens (including phenoxy) is 3. The van der Waals surface area contributed by atoms with Gasteiger partial charge in [-0.15, -0.1) is 0 Å². The van der Waals surface area contributed by atoms with Gasteiger partial charge in [-0.2, -0.15) is 0 Å². The number of carbonyl (C=O) groups is 4. The summed E-state index contributed by atoms with van der Waals surface area (Å²) in [6.07, 6.45) is -1.92. The average molecular weight is 408 g/mol. The lowest BCUT2D eigenvalue weighted by Crippen LogP contribution is -2.43. The summed E-state index contributed by atoms with van der Waals surface area (Å²) >= 11 is 0. The van der Waals surface area contributed by atoms with Gasteiger partial charge >= 0.3 is 23.9 Å². The SMILES string of the molecule is COCC1CC(C(=O)ON2OC[C@H](NC(=O)OCc3ccccc3)C2=O)OC1=O. The lowest BCUT2D eigenvalue weighted by molar-refractivity contribution is -0.306. The molecular weight excluding hydrogens is 388 g/mol. The summed E-state index contributed by atoms with van der Waals surface area (Å²) in [5.41, 5.74) is 0.782. The van der Waals surface area contributed by atoms with Crippen molar-refractivity contribution in [2.24, 2.45) is 5.92 Å². The molecule has 1 aromatic rings. The number of benzene rings is 1. The van der Waals surface area contributed by atoms with Crippen molar-refractivity contribution < 1.29 is 43.1 Å². The first-order chi connectivity index (χ1) is 14.0. The first kappa shape index (κ1) is 20.6. The molecule has 2 aliphatic heterocycles. The molecule has 2 fully saturated rings. The Labute approximate surface area is 165 Å². The number of nitrogens with one attached hydrogen (secondary N) is 1. The summed E-state index contributed by atoms with van der Waals surface area (Å²) in [4.78, 5) is 57.6. The molecule has 2 heterocycles. The lowest BCUT2D eigenvalue weighted by atomic mass is 10.1. The van der Waals surface area contributed by atoms with E-state index >= 15 is 0 Å². The molecule has 11 heteroatoms. The number of methoxy groups -OCH3 is 1. The Morgan fingerprint density at radius 2 is 2.00 bits per heavy atom. The molecule has 0 radical (unpaired) electrons. The highest BCUT2D eigenvalue weighted by molar-refractivity contribution is 5.88. The number of hydroxylamine groups is 2. The van der Waals surface area contributed by atoms with Crippen LogP contribution in [-0.4, -0.2) is 61.6 Å². The number of hydrogen-bond donors (Lipinski definition) is 1. The fourth-order valence-electron chi connectivity index (χ4n) is 2.75. The Morgan fingerprint density at radius 3 is 2.72 bits per heavy atom. The van der Waals surface area contributed by atoms with Crippen LogP contribution < -0.4 is 5.32 Å². The largest absolute Gasteiger partial charge is 0.450 e. The van der Waals surface area contributed by atoms with E-state index in [4.69, 9.17) is 23.9 Å². The molecule has 1 aromatic carbocycles. The second-order valence-corrected chi connectivity index (χ2v) is 6.37. The van der Waals surface area contributed by atoms with Gasteiger partial charge in [-0.25, -0.2) is 14.4 Å². The van der Waals surface area contributed by atoms with Gasteiger partial charge in [0.05, 0.1) is 12.5 Å². The molecule has 2 unspecified atom stereocenters. The maximum Gasteiger partial charge on any atom is 0.408 e. The Morgan fingerprint density at radius 1 is 1.24 bits per heavy atom. The van der Waals surface area contributed by atoms with Crippen LogP contribution >= 0.6 is 0 Å². The van der Waals surface area contributed by atoms with E-state index in [1.165, 1.54) is 7.11 Å².